The zero-order valence-electron chi connectivity index (χ0n) is 13.0. The molecule has 24 heavy (non-hydrogen) atoms. The maximum Gasteiger partial charge on any atom is 0.187 e. The summed E-state index contributed by atoms with van der Waals surface area (Å²) in [5.41, 5.74) is 1.63. The number of thiazole rings is 1. The summed E-state index contributed by atoms with van der Waals surface area (Å²) < 4.78 is 14.1. The van der Waals surface area contributed by atoms with Gasteiger partial charge in [-0.25, -0.2) is 9.37 Å². The normalized spacial score (nSPS) is 16.5. The van der Waals surface area contributed by atoms with Crippen LogP contribution in [-0.2, 0) is 0 Å². The van der Waals surface area contributed by atoms with Gasteiger partial charge < -0.3 is 15.3 Å². The number of hydrogen-bond donors (Lipinski definition) is 2. The van der Waals surface area contributed by atoms with E-state index in [0.717, 1.165) is 32.6 Å². The SMILES string of the molecule is OC(Nc1ccc(F)cc1)c1cc2nc(N3CCCCC3)sc2s1. The third kappa shape index (κ3) is 3.24. The Morgan fingerprint density at radius 2 is 1.88 bits per heavy atom. The first-order valence-corrected chi connectivity index (χ1v) is 9.68. The second kappa shape index (κ2) is 6.66. The monoisotopic (exact) mass is 363 g/mol. The van der Waals surface area contributed by atoms with Crippen LogP contribution in [0.5, 0.6) is 0 Å². The minimum Gasteiger partial charge on any atom is -0.369 e. The Balaban J connectivity index is 1.50. The quantitative estimate of drug-likeness (QED) is 0.666. The van der Waals surface area contributed by atoms with Crippen LogP contribution in [0.4, 0.5) is 15.2 Å². The number of piperidine rings is 1. The predicted molar refractivity (Wildman–Crippen MR) is 98.5 cm³/mol. The van der Waals surface area contributed by atoms with E-state index in [2.05, 4.69) is 10.2 Å². The average molecular weight is 363 g/mol. The Kier molecular flexibility index (Phi) is 4.39. The van der Waals surface area contributed by atoms with E-state index in [1.165, 1.54) is 31.4 Å². The van der Waals surface area contributed by atoms with Crippen molar-refractivity contribution in [2.75, 3.05) is 23.3 Å². The molecule has 1 aliphatic rings. The number of aliphatic hydroxyl groups excluding tert-OH is 1. The number of benzene rings is 1. The van der Waals surface area contributed by atoms with Crippen LogP contribution in [0.3, 0.4) is 0 Å². The zero-order chi connectivity index (χ0) is 16.5. The molecular formula is C17H18FN3OS2. The molecule has 1 aromatic carbocycles. The van der Waals surface area contributed by atoms with E-state index in [9.17, 15) is 9.50 Å². The molecule has 4 rings (SSSR count). The molecule has 0 saturated carbocycles. The van der Waals surface area contributed by atoms with Crippen LogP contribution in [0.25, 0.3) is 9.53 Å². The van der Waals surface area contributed by atoms with E-state index in [1.807, 2.05) is 6.07 Å². The highest BCUT2D eigenvalue weighted by molar-refractivity contribution is 7.39. The van der Waals surface area contributed by atoms with Crippen molar-refractivity contribution in [1.82, 2.24) is 4.98 Å². The zero-order valence-corrected chi connectivity index (χ0v) is 14.7. The molecule has 0 spiro atoms. The van der Waals surface area contributed by atoms with E-state index in [0.29, 0.717) is 5.69 Å². The number of thiophene rings is 1. The Bertz CT molecular complexity index is 793. The molecule has 0 bridgehead atoms. The number of fused-ring (bicyclic) bond motifs is 1. The first-order valence-electron chi connectivity index (χ1n) is 8.04. The molecule has 3 heterocycles. The van der Waals surface area contributed by atoms with E-state index in [4.69, 9.17) is 4.98 Å². The molecule has 0 aliphatic carbocycles. The third-order valence-electron chi connectivity index (χ3n) is 4.14. The summed E-state index contributed by atoms with van der Waals surface area (Å²) in [5, 5.41) is 14.4. The molecule has 1 unspecified atom stereocenters. The lowest BCUT2D eigenvalue weighted by atomic mass is 10.1. The lowest BCUT2D eigenvalue weighted by Gasteiger charge is -2.25. The fourth-order valence-corrected chi connectivity index (χ4v) is 5.15. The van der Waals surface area contributed by atoms with Gasteiger partial charge in [0.05, 0.1) is 10.4 Å². The van der Waals surface area contributed by atoms with E-state index < -0.39 is 6.23 Å². The Hall–Kier alpha value is -1.70. The van der Waals surface area contributed by atoms with Crippen LogP contribution < -0.4 is 10.2 Å². The average Bonchev–Trinajstić information content (AvgIpc) is 3.17. The molecule has 2 aromatic heterocycles. The van der Waals surface area contributed by atoms with Gasteiger partial charge in [0, 0.05) is 18.8 Å². The van der Waals surface area contributed by atoms with Gasteiger partial charge in [-0.1, -0.05) is 11.3 Å². The Morgan fingerprint density at radius 3 is 2.58 bits per heavy atom. The number of nitrogens with zero attached hydrogens (tertiary/aromatic N) is 2. The lowest BCUT2D eigenvalue weighted by Crippen LogP contribution is -2.29. The van der Waals surface area contributed by atoms with Crippen LogP contribution in [0.1, 0.15) is 30.4 Å². The topological polar surface area (TPSA) is 48.4 Å². The second-order valence-electron chi connectivity index (χ2n) is 5.92. The van der Waals surface area contributed by atoms with Gasteiger partial charge in [-0.05, 0) is 49.6 Å². The highest BCUT2D eigenvalue weighted by atomic mass is 32.2. The van der Waals surface area contributed by atoms with E-state index in [1.54, 1.807) is 34.8 Å². The Morgan fingerprint density at radius 1 is 1.12 bits per heavy atom. The molecule has 126 valence electrons. The van der Waals surface area contributed by atoms with Crippen LogP contribution in [-0.4, -0.2) is 23.2 Å². The molecule has 3 aromatic rings. The highest BCUT2D eigenvalue weighted by Gasteiger charge is 2.18. The van der Waals surface area contributed by atoms with Gasteiger partial charge in [0.25, 0.3) is 0 Å². The molecule has 4 nitrogen and oxygen atoms in total. The number of halogens is 1. The second-order valence-corrected chi connectivity index (χ2v) is 8.24. The van der Waals surface area contributed by atoms with Gasteiger partial charge in [-0.15, -0.1) is 11.3 Å². The fraction of sp³-hybridized carbons (Fsp3) is 0.353. The maximum atomic E-state index is 12.9. The number of aromatic nitrogens is 1. The lowest BCUT2D eigenvalue weighted by molar-refractivity contribution is 0.212. The van der Waals surface area contributed by atoms with Crippen LogP contribution in [0.2, 0.25) is 0 Å². The standard InChI is InChI=1S/C17H18FN3OS2/c18-11-4-6-12(7-5-11)19-15(22)14-10-13-16(23-14)24-17(20-13)21-8-2-1-3-9-21/h4-7,10,15,19,22H,1-3,8-9H2. The minimum absolute atomic E-state index is 0.291. The molecule has 0 radical (unpaired) electrons. The largest absolute Gasteiger partial charge is 0.369 e. The van der Waals surface area contributed by atoms with Gasteiger partial charge in [0.1, 0.15) is 9.83 Å². The van der Waals surface area contributed by atoms with Crippen molar-refractivity contribution in [2.45, 2.75) is 25.5 Å². The van der Waals surface area contributed by atoms with Gasteiger partial charge in [0.2, 0.25) is 0 Å². The van der Waals surface area contributed by atoms with Gasteiger partial charge >= 0.3 is 0 Å². The number of hydrogen-bond acceptors (Lipinski definition) is 6. The molecule has 1 atom stereocenters. The van der Waals surface area contributed by atoms with Crippen LogP contribution >= 0.6 is 22.7 Å². The first-order chi connectivity index (χ1) is 11.7. The maximum absolute atomic E-state index is 12.9. The van der Waals surface area contributed by atoms with E-state index in [-0.39, 0.29) is 5.82 Å². The summed E-state index contributed by atoms with van der Waals surface area (Å²) in [6, 6.07) is 7.90. The summed E-state index contributed by atoms with van der Waals surface area (Å²) in [6.45, 7) is 2.17. The van der Waals surface area contributed by atoms with Crippen molar-refractivity contribution in [3.05, 3.63) is 41.0 Å². The van der Waals surface area contributed by atoms with Gasteiger partial charge in [-0.2, -0.15) is 0 Å². The molecule has 0 amide bonds. The van der Waals surface area contributed by atoms with E-state index >= 15 is 0 Å². The summed E-state index contributed by atoms with van der Waals surface area (Å²) in [6.07, 6.45) is 2.96. The molecule has 1 aliphatic heterocycles. The number of aliphatic hydroxyl groups is 1. The fourth-order valence-electron chi connectivity index (χ4n) is 2.87. The summed E-state index contributed by atoms with van der Waals surface area (Å²) in [4.78, 5) is 7.90. The number of nitrogens with one attached hydrogen (secondary N) is 1. The highest BCUT2D eigenvalue weighted by Crippen LogP contribution is 2.38. The van der Waals surface area contributed by atoms with Crippen molar-refractivity contribution in [3.8, 4) is 0 Å². The van der Waals surface area contributed by atoms with Crippen molar-refractivity contribution in [1.29, 1.82) is 0 Å². The summed E-state index contributed by atoms with van der Waals surface area (Å²) >= 11 is 3.25. The smallest absolute Gasteiger partial charge is 0.187 e. The van der Waals surface area contributed by atoms with Crippen molar-refractivity contribution < 1.29 is 9.50 Å². The minimum atomic E-state index is -0.819. The molecule has 2 N–H and O–H groups in total. The number of anilines is 2. The molecule has 1 saturated heterocycles. The molecular weight excluding hydrogens is 345 g/mol. The summed E-state index contributed by atoms with van der Waals surface area (Å²) in [5.74, 6) is -0.291. The van der Waals surface area contributed by atoms with Gasteiger partial charge in [-0.3, -0.25) is 0 Å². The summed E-state index contributed by atoms with van der Waals surface area (Å²) in [7, 11) is 0. The van der Waals surface area contributed by atoms with Crippen molar-refractivity contribution in [2.24, 2.45) is 0 Å². The Labute approximate surface area is 147 Å². The first kappa shape index (κ1) is 15.8. The van der Waals surface area contributed by atoms with Crippen LogP contribution in [0, 0.1) is 5.82 Å². The van der Waals surface area contributed by atoms with Gasteiger partial charge in [0.15, 0.2) is 11.4 Å². The van der Waals surface area contributed by atoms with Crippen LogP contribution in [0.15, 0.2) is 30.3 Å². The molecule has 7 heteroatoms. The van der Waals surface area contributed by atoms with Crippen molar-refractivity contribution >= 4 is 43.0 Å². The number of rotatable bonds is 4. The molecule has 1 fully saturated rings. The third-order valence-corrected chi connectivity index (χ3v) is 6.54. The predicted octanol–water partition coefficient (Wildman–Crippen LogP) is 4.59. The van der Waals surface area contributed by atoms with Crippen molar-refractivity contribution in [3.63, 3.8) is 0 Å².